The van der Waals surface area contributed by atoms with Crippen molar-refractivity contribution >= 4 is 5.97 Å². The van der Waals surface area contributed by atoms with Crippen LogP contribution in [0.1, 0.15) is 19.8 Å². The molecule has 3 heteroatoms. The first-order valence-corrected chi connectivity index (χ1v) is 4.66. The lowest BCUT2D eigenvalue weighted by Gasteiger charge is -2.33. The van der Waals surface area contributed by atoms with Gasteiger partial charge in [0.2, 0.25) is 0 Å². The molecule has 0 aliphatic heterocycles. The van der Waals surface area contributed by atoms with Crippen LogP contribution in [-0.4, -0.2) is 18.6 Å². The fourth-order valence-electron chi connectivity index (χ4n) is 2.61. The molecule has 0 spiro atoms. The van der Waals surface area contributed by atoms with E-state index in [1.807, 2.05) is 6.92 Å². The minimum Gasteiger partial charge on any atom is -0.466 e. The van der Waals surface area contributed by atoms with E-state index in [9.17, 15) is 4.79 Å². The van der Waals surface area contributed by atoms with Crippen LogP contribution in [0.4, 0.5) is 0 Å². The van der Waals surface area contributed by atoms with Gasteiger partial charge in [0.1, 0.15) is 0 Å². The molecule has 0 aromatic carbocycles. The summed E-state index contributed by atoms with van der Waals surface area (Å²) in [5.74, 6) is 1.07. The third kappa shape index (κ3) is 0.959. The van der Waals surface area contributed by atoms with Crippen LogP contribution in [0.15, 0.2) is 0 Å². The normalized spacial score (nSPS) is 43.8. The summed E-state index contributed by atoms with van der Waals surface area (Å²) in [5, 5.41) is 0. The molecule has 3 aliphatic rings. The molecule has 3 fully saturated rings. The van der Waals surface area contributed by atoms with Gasteiger partial charge in [-0.05, 0) is 31.6 Å². The van der Waals surface area contributed by atoms with E-state index in [1.165, 1.54) is 0 Å². The molecule has 0 heterocycles. The zero-order valence-electron chi connectivity index (χ0n) is 7.32. The topological polar surface area (TPSA) is 52.3 Å². The van der Waals surface area contributed by atoms with E-state index in [4.69, 9.17) is 10.5 Å². The van der Waals surface area contributed by atoms with Crippen LogP contribution in [0.25, 0.3) is 0 Å². The van der Waals surface area contributed by atoms with E-state index in [0.29, 0.717) is 18.4 Å². The van der Waals surface area contributed by atoms with Gasteiger partial charge in [0.05, 0.1) is 12.5 Å². The molecule has 3 aliphatic carbocycles. The summed E-state index contributed by atoms with van der Waals surface area (Å²) in [6.45, 7) is 2.34. The van der Waals surface area contributed by atoms with Gasteiger partial charge in [0, 0.05) is 6.04 Å². The van der Waals surface area contributed by atoms with Crippen molar-refractivity contribution in [3.05, 3.63) is 0 Å². The largest absolute Gasteiger partial charge is 0.466 e. The van der Waals surface area contributed by atoms with Crippen molar-refractivity contribution in [3.63, 3.8) is 0 Å². The van der Waals surface area contributed by atoms with E-state index < -0.39 is 0 Å². The van der Waals surface area contributed by atoms with Crippen molar-refractivity contribution < 1.29 is 9.53 Å². The molecule has 4 unspecified atom stereocenters. The second-order valence-corrected chi connectivity index (χ2v) is 3.84. The molecular weight excluding hydrogens is 154 g/mol. The number of nitrogens with two attached hydrogens (primary N) is 1. The first kappa shape index (κ1) is 8.05. The van der Waals surface area contributed by atoms with Gasteiger partial charge < -0.3 is 10.5 Å². The molecule has 12 heavy (non-hydrogen) atoms. The van der Waals surface area contributed by atoms with Crippen LogP contribution >= 0.6 is 0 Å². The number of fused-ring (bicyclic) bond motifs is 1. The molecule has 3 rings (SSSR count). The fourth-order valence-corrected chi connectivity index (χ4v) is 2.61. The quantitative estimate of drug-likeness (QED) is 0.613. The van der Waals surface area contributed by atoms with E-state index in [1.54, 1.807) is 0 Å². The van der Waals surface area contributed by atoms with Crippen LogP contribution in [0, 0.1) is 17.8 Å². The Labute approximate surface area is 72.3 Å². The van der Waals surface area contributed by atoms with Crippen molar-refractivity contribution in [1.29, 1.82) is 0 Å². The smallest absolute Gasteiger partial charge is 0.309 e. The average molecular weight is 169 g/mol. The maximum atomic E-state index is 11.4. The standard InChI is InChI=1S/C9H15NO2/c1-2-12-9(11)8-5-3-6(8)7(10)4-5/h5-8H,2-4,10H2,1H3. The van der Waals surface area contributed by atoms with Gasteiger partial charge >= 0.3 is 5.97 Å². The average Bonchev–Trinajstić information content (AvgIpc) is 2.43. The minimum atomic E-state index is -0.0216. The number of hydrogen-bond acceptors (Lipinski definition) is 3. The van der Waals surface area contributed by atoms with Crippen molar-refractivity contribution in [1.82, 2.24) is 0 Å². The minimum absolute atomic E-state index is 0.0216. The first-order chi connectivity index (χ1) is 5.74. The summed E-state index contributed by atoms with van der Waals surface area (Å²) in [7, 11) is 0. The van der Waals surface area contributed by atoms with Gasteiger partial charge in [0.25, 0.3) is 0 Å². The molecule has 4 atom stereocenters. The Hall–Kier alpha value is -0.570. The zero-order chi connectivity index (χ0) is 8.72. The van der Waals surface area contributed by atoms with Gasteiger partial charge in [0.15, 0.2) is 0 Å². The molecule has 3 nitrogen and oxygen atoms in total. The number of hydrogen-bond donors (Lipinski definition) is 1. The predicted octanol–water partition coefficient (Wildman–Crippen LogP) is 0.533. The maximum absolute atomic E-state index is 11.4. The third-order valence-corrected chi connectivity index (χ3v) is 3.23. The molecule has 0 aromatic rings. The van der Waals surface area contributed by atoms with E-state index in [0.717, 1.165) is 12.8 Å². The summed E-state index contributed by atoms with van der Waals surface area (Å²) in [6.07, 6.45) is 2.17. The van der Waals surface area contributed by atoms with Gasteiger partial charge in [-0.2, -0.15) is 0 Å². The van der Waals surface area contributed by atoms with Crippen molar-refractivity contribution in [2.75, 3.05) is 6.61 Å². The SMILES string of the molecule is CCOC(=O)C1C2CC(N)C1C2. The monoisotopic (exact) mass is 169 g/mol. The Morgan fingerprint density at radius 3 is 2.75 bits per heavy atom. The fraction of sp³-hybridized carbons (Fsp3) is 0.889. The predicted molar refractivity (Wildman–Crippen MR) is 44.3 cm³/mol. The highest BCUT2D eigenvalue weighted by Crippen LogP contribution is 2.53. The Morgan fingerprint density at radius 1 is 1.58 bits per heavy atom. The maximum Gasteiger partial charge on any atom is 0.309 e. The molecule has 0 aromatic heterocycles. The Balaban J connectivity index is 1.96. The summed E-state index contributed by atoms with van der Waals surface area (Å²) >= 11 is 0. The molecule has 68 valence electrons. The highest BCUT2D eigenvalue weighted by molar-refractivity contribution is 5.75. The van der Waals surface area contributed by atoms with Crippen molar-refractivity contribution in [2.24, 2.45) is 23.5 Å². The van der Waals surface area contributed by atoms with Crippen molar-refractivity contribution in [2.45, 2.75) is 25.8 Å². The van der Waals surface area contributed by atoms with Crippen LogP contribution < -0.4 is 5.73 Å². The Morgan fingerprint density at radius 2 is 2.33 bits per heavy atom. The third-order valence-electron chi connectivity index (χ3n) is 3.23. The highest BCUT2D eigenvalue weighted by atomic mass is 16.5. The van der Waals surface area contributed by atoms with Crippen LogP contribution in [0.2, 0.25) is 0 Å². The molecule has 3 saturated carbocycles. The lowest BCUT2D eigenvalue weighted by atomic mass is 9.72. The number of ether oxygens (including phenoxy) is 1. The van der Waals surface area contributed by atoms with Crippen LogP contribution in [0.3, 0.4) is 0 Å². The Bertz CT molecular complexity index is 205. The van der Waals surface area contributed by atoms with Gasteiger partial charge in [-0.3, -0.25) is 4.79 Å². The first-order valence-electron chi connectivity index (χ1n) is 4.66. The van der Waals surface area contributed by atoms with Gasteiger partial charge in [-0.1, -0.05) is 0 Å². The Kier molecular flexibility index (Phi) is 1.83. The number of carbonyl (C=O) groups is 1. The molecular formula is C9H15NO2. The summed E-state index contributed by atoms with van der Waals surface area (Å²) in [6, 6.07) is 0.254. The van der Waals surface area contributed by atoms with E-state index >= 15 is 0 Å². The van der Waals surface area contributed by atoms with Crippen LogP contribution in [0.5, 0.6) is 0 Å². The van der Waals surface area contributed by atoms with Gasteiger partial charge in [-0.15, -0.1) is 0 Å². The second-order valence-electron chi connectivity index (χ2n) is 3.84. The lowest BCUT2D eigenvalue weighted by molar-refractivity contribution is -0.155. The van der Waals surface area contributed by atoms with Crippen LogP contribution in [-0.2, 0) is 9.53 Å². The summed E-state index contributed by atoms with van der Waals surface area (Å²) < 4.78 is 4.98. The molecule has 0 saturated heterocycles. The number of rotatable bonds is 2. The molecule has 2 bridgehead atoms. The molecule has 0 radical (unpaired) electrons. The molecule has 2 N–H and O–H groups in total. The lowest BCUT2D eigenvalue weighted by Crippen LogP contribution is -2.40. The van der Waals surface area contributed by atoms with Gasteiger partial charge in [-0.25, -0.2) is 0 Å². The summed E-state index contributed by atoms with van der Waals surface area (Å²) in [4.78, 5) is 11.4. The zero-order valence-corrected chi connectivity index (χ0v) is 7.32. The second kappa shape index (κ2) is 2.73. The van der Waals surface area contributed by atoms with E-state index in [-0.39, 0.29) is 17.9 Å². The number of carbonyl (C=O) groups excluding carboxylic acids is 1. The highest BCUT2D eigenvalue weighted by Gasteiger charge is 2.55. The van der Waals surface area contributed by atoms with E-state index in [2.05, 4.69) is 0 Å². The number of esters is 1. The molecule has 0 amide bonds. The summed E-state index contributed by atoms with van der Waals surface area (Å²) in [5.41, 5.74) is 5.84. The van der Waals surface area contributed by atoms with Crippen molar-refractivity contribution in [3.8, 4) is 0 Å².